The van der Waals surface area contributed by atoms with Crippen molar-refractivity contribution >= 4 is 86.7 Å². The minimum Gasteiger partial charge on any atom is -0.353 e. The number of halogens is 1. The van der Waals surface area contributed by atoms with Crippen LogP contribution in [-0.4, -0.2) is 92.3 Å². The Morgan fingerprint density at radius 3 is 2.63 bits per heavy atom. The zero-order valence-electron chi connectivity index (χ0n) is 29.7. The van der Waals surface area contributed by atoms with Crippen molar-refractivity contribution in [3.05, 3.63) is 81.1 Å². The van der Waals surface area contributed by atoms with E-state index in [-0.39, 0.29) is 30.0 Å². The molecule has 3 aliphatic heterocycles. The molecule has 0 aliphatic carbocycles. The number of imide groups is 1. The van der Waals surface area contributed by atoms with Crippen molar-refractivity contribution in [1.29, 1.82) is 0 Å². The minimum atomic E-state index is -0.653. The fraction of sp³-hybridized carbons (Fsp3) is 0.351. The van der Waals surface area contributed by atoms with E-state index in [9.17, 15) is 24.0 Å². The number of carbonyl (C=O) groups excluding carboxylic acids is 5. The maximum atomic E-state index is 13.2. The number of carbonyl (C=O) groups is 5. The largest absolute Gasteiger partial charge is 0.353 e. The fourth-order valence-corrected chi connectivity index (χ4v) is 8.75. The molecule has 1 atom stereocenters. The molecule has 54 heavy (non-hydrogen) atoms. The summed E-state index contributed by atoms with van der Waals surface area (Å²) >= 11 is 9.09. The predicted octanol–water partition coefficient (Wildman–Crippen LogP) is 5.18. The first kappa shape index (κ1) is 37.3. The smallest absolute Gasteiger partial charge is 0.267 e. The van der Waals surface area contributed by atoms with Crippen LogP contribution in [0.15, 0.2) is 53.6 Å². The van der Waals surface area contributed by atoms with Crippen LogP contribution in [-0.2, 0) is 20.9 Å². The summed E-state index contributed by atoms with van der Waals surface area (Å²) in [5.41, 5.74) is 2.90. The maximum absolute atomic E-state index is 13.2. The number of benzene rings is 2. The van der Waals surface area contributed by atoms with Gasteiger partial charge in [0, 0.05) is 62.1 Å². The maximum Gasteiger partial charge on any atom is 0.267 e. The lowest BCUT2D eigenvalue weighted by atomic mass is 10.0. The lowest BCUT2D eigenvalue weighted by Gasteiger charge is -2.35. The SMILES string of the molecule is Cc1nc(Nc2ncc(C(=O)Nc3c(C)cccc3Cl)s2)cc(N2CCN(C(=O)CCCSc3cccc4c3CN(C3CCC(=O)NC3=O)C4=O)CC2)n1. The molecule has 7 rings (SSSR count). The molecule has 3 N–H and O–H groups in total. The van der Waals surface area contributed by atoms with Crippen molar-refractivity contribution in [3.8, 4) is 0 Å². The van der Waals surface area contributed by atoms with Crippen molar-refractivity contribution in [1.82, 2.24) is 30.1 Å². The molecule has 2 fully saturated rings. The lowest BCUT2D eigenvalue weighted by Crippen LogP contribution is -2.52. The number of rotatable bonds is 11. The highest BCUT2D eigenvalue weighted by atomic mass is 35.5. The molecule has 0 saturated carbocycles. The Labute approximate surface area is 325 Å². The summed E-state index contributed by atoms with van der Waals surface area (Å²) in [6.45, 7) is 6.39. The summed E-state index contributed by atoms with van der Waals surface area (Å²) in [4.78, 5) is 83.7. The molecular formula is C37H38ClN9O5S2. The van der Waals surface area contributed by atoms with E-state index in [1.807, 2.05) is 49.1 Å². The highest BCUT2D eigenvalue weighted by Gasteiger charge is 2.39. The number of hydrogen-bond donors (Lipinski definition) is 3. The molecule has 2 aromatic carbocycles. The Morgan fingerprint density at radius 1 is 1.06 bits per heavy atom. The number of para-hydroxylation sites is 1. The third-order valence-corrected chi connectivity index (χ3v) is 12.0. The molecule has 0 spiro atoms. The molecule has 2 saturated heterocycles. The second kappa shape index (κ2) is 16.1. The molecular weight excluding hydrogens is 750 g/mol. The van der Waals surface area contributed by atoms with E-state index in [0.717, 1.165) is 21.8 Å². The molecule has 0 bridgehead atoms. The first-order valence-corrected chi connectivity index (χ1v) is 19.8. The summed E-state index contributed by atoms with van der Waals surface area (Å²) in [6, 6.07) is 12.2. The molecule has 1 unspecified atom stereocenters. The highest BCUT2D eigenvalue weighted by molar-refractivity contribution is 7.99. The Kier molecular flexibility index (Phi) is 11.1. The van der Waals surface area contributed by atoms with Gasteiger partial charge in [-0.3, -0.25) is 29.3 Å². The van der Waals surface area contributed by atoms with Crippen LogP contribution in [0.25, 0.3) is 0 Å². The first-order valence-electron chi connectivity index (χ1n) is 17.6. The number of thioether (sulfide) groups is 1. The summed E-state index contributed by atoms with van der Waals surface area (Å²) < 4.78 is 0. The average molecular weight is 788 g/mol. The van der Waals surface area contributed by atoms with Crippen molar-refractivity contribution in [2.75, 3.05) is 47.5 Å². The first-order chi connectivity index (χ1) is 26.0. The number of hydrogen-bond acceptors (Lipinski definition) is 12. The Morgan fingerprint density at radius 2 is 1.85 bits per heavy atom. The van der Waals surface area contributed by atoms with E-state index < -0.39 is 11.9 Å². The highest BCUT2D eigenvalue weighted by Crippen LogP contribution is 2.35. The zero-order chi connectivity index (χ0) is 37.9. The quantitative estimate of drug-likeness (QED) is 0.104. The molecule has 5 amide bonds. The van der Waals surface area contributed by atoms with Crippen LogP contribution in [0.5, 0.6) is 0 Å². The molecule has 17 heteroatoms. The van der Waals surface area contributed by atoms with E-state index in [0.29, 0.717) is 95.7 Å². The molecule has 5 heterocycles. The van der Waals surface area contributed by atoms with Crippen LogP contribution in [0.1, 0.15) is 62.7 Å². The van der Waals surface area contributed by atoms with Gasteiger partial charge in [-0.2, -0.15) is 0 Å². The van der Waals surface area contributed by atoms with Gasteiger partial charge in [0.2, 0.25) is 17.7 Å². The van der Waals surface area contributed by atoms with Gasteiger partial charge in [0.15, 0.2) is 5.13 Å². The molecule has 280 valence electrons. The fourth-order valence-electron chi connectivity index (χ4n) is 6.73. The summed E-state index contributed by atoms with van der Waals surface area (Å²) in [6.07, 6.45) is 3.13. The number of piperazine rings is 1. The number of thiazole rings is 1. The molecule has 4 aromatic rings. The topological polar surface area (TPSA) is 170 Å². The van der Waals surface area contributed by atoms with Crippen LogP contribution >= 0.6 is 34.7 Å². The normalized spacial score (nSPS) is 17.1. The van der Waals surface area contributed by atoms with E-state index in [1.54, 1.807) is 28.8 Å². The van der Waals surface area contributed by atoms with Gasteiger partial charge in [0.25, 0.3) is 11.8 Å². The number of nitrogens with zero attached hydrogens (tertiary/aromatic N) is 6. The van der Waals surface area contributed by atoms with Gasteiger partial charge in [-0.25, -0.2) is 15.0 Å². The number of aryl methyl sites for hydroxylation is 2. The van der Waals surface area contributed by atoms with Gasteiger partial charge in [-0.1, -0.05) is 41.1 Å². The standard InChI is InChI=1S/C37H38ClN9O5S2/c1-21-6-3-8-25(38)33(21)44-35(51)28-19-39-37(54-28)42-29-18-30(41-22(2)40-29)45-13-15-46(16-14-45)32(49)10-5-17-53-27-9-4-7-23-24(27)20-47(36(23)52)26-11-12-31(48)43-34(26)50/h3-4,6-9,18-19,26H,5,10-17,20H2,1-2H3,(H,44,51)(H,43,48,50)(H,39,40,41,42). The van der Waals surface area contributed by atoms with E-state index in [1.165, 1.54) is 17.5 Å². The molecule has 14 nitrogen and oxygen atoms in total. The molecule has 2 aromatic heterocycles. The Hall–Kier alpha value is -5.06. The average Bonchev–Trinajstić information content (AvgIpc) is 3.76. The zero-order valence-corrected chi connectivity index (χ0v) is 32.1. The van der Waals surface area contributed by atoms with Gasteiger partial charge in [0.1, 0.15) is 28.4 Å². The third kappa shape index (κ3) is 8.20. The predicted molar refractivity (Wildman–Crippen MR) is 208 cm³/mol. The van der Waals surface area contributed by atoms with Crippen LogP contribution in [0, 0.1) is 13.8 Å². The number of amides is 5. The number of piperidine rings is 1. The van der Waals surface area contributed by atoms with Crippen LogP contribution < -0.4 is 20.9 Å². The van der Waals surface area contributed by atoms with Crippen LogP contribution in [0.4, 0.5) is 22.5 Å². The monoisotopic (exact) mass is 787 g/mol. The van der Waals surface area contributed by atoms with Crippen LogP contribution in [0.3, 0.4) is 0 Å². The van der Waals surface area contributed by atoms with Crippen molar-refractivity contribution < 1.29 is 24.0 Å². The van der Waals surface area contributed by atoms with Gasteiger partial charge < -0.3 is 25.3 Å². The summed E-state index contributed by atoms with van der Waals surface area (Å²) in [5.74, 6) is 1.43. The van der Waals surface area contributed by atoms with Crippen LogP contribution in [0.2, 0.25) is 5.02 Å². The molecule has 0 radical (unpaired) electrons. The minimum absolute atomic E-state index is 0.0993. The van der Waals surface area contributed by atoms with Crippen molar-refractivity contribution in [2.24, 2.45) is 0 Å². The number of nitrogens with one attached hydrogen (secondary N) is 3. The van der Waals surface area contributed by atoms with Gasteiger partial charge in [-0.05, 0) is 61.8 Å². The van der Waals surface area contributed by atoms with Crippen molar-refractivity contribution in [2.45, 2.75) is 57.0 Å². The lowest BCUT2D eigenvalue weighted by molar-refractivity contribution is -0.137. The van der Waals surface area contributed by atoms with Gasteiger partial charge in [0.05, 0.1) is 16.9 Å². The summed E-state index contributed by atoms with van der Waals surface area (Å²) in [7, 11) is 0. The Balaban J connectivity index is 0.876. The second-order valence-corrected chi connectivity index (χ2v) is 15.8. The number of fused-ring (bicyclic) bond motifs is 1. The van der Waals surface area contributed by atoms with E-state index in [4.69, 9.17) is 11.6 Å². The third-order valence-electron chi connectivity index (χ3n) is 9.54. The second-order valence-electron chi connectivity index (χ2n) is 13.2. The van der Waals surface area contributed by atoms with Crippen molar-refractivity contribution in [3.63, 3.8) is 0 Å². The van der Waals surface area contributed by atoms with Gasteiger partial charge in [-0.15, -0.1) is 11.8 Å². The summed E-state index contributed by atoms with van der Waals surface area (Å²) in [5, 5.41) is 9.38. The van der Waals surface area contributed by atoms with Gasteiger partial charge >= 0.3 is 0 Å². The Bertz CT molecular complexity index is 2120. The number of aromatic nitrogens is 3. The van der Waals surface area contributed by atoms with E-state index in [2.05, 4.69) is 35.8 Å². The van der Waals surface area contributed by atoms with E-state index >= 15 is 0 Å². The molecule has 3 aliphatic rings. The number of anilines is 4.